The molecule has 0 unspecified atom stereocenters. The van der Waals surface area contributed by atoms with E-state index in [1.165, 1.54) is 12.5 Å². The van der Waals surface area contributed by atoms with E-state index in [0.717, 1.165) is 0 Å². The summed E-state index contributed by atoms with van der Waals surface area (Å²) < 4.78 is 32.6. The Balaban J connectivity index is 5.84. The van der Waals surface area contributed by atoms with Gasteiger partial charge in [-0.25, -0.2) is 4.79 Å². The SMILES string of the molecule is C=COCOCC(CO)(COCOC=C)COCC(CCC(=C)CO)(CCC(=C)CO)COC(=O)C(=C)CO. The first kappa shape index (κ1) is 36.5. The zero-order valence-corrected chi connectivity index (χ0v) is 22.9. The number of esters is 1. The lowest BCUT2D eigenvalue weighted by Gasteiger charge is -2.36. The van der Waals surface area contributed by atoms with Gasteiger partial charge in [0, 0.05) is 5.41 Å². The Morgan fingerprint density at radius 1 is 0.667 bits per heavy atom. The second kappa shape index (κ2) is 21.3. The van der Waals surface area contributed by atoms with Gasteiger partial charge in [-0.05, 0) is 25.7 Å². The minimum absolute atomic E-state index is 0.00733. The van der Waals surface area contributed by atoms with Crippen molar-refractivity contribution in [2.45, 2.75) is 25.7 Å². The highest BCUT2D eigenvalue weighted by molar-refractivity contribution is 5.87. The van der Waals surface area contributed by atoms with Gasteiger partial charge in [0.15, 0.2) is 13.6 Å². The number of aliphatic hydroxyl groups is 4. The Bertz CT molecular complexity index is 727. The first-order valence-electron chi connectivity index (χ1n) is 12.5. The van der Waals surface area contributed by atoms with E-state index in [0.29, 0.717) is 36.8 Å². The highest BCUT2D eigenvalue weighted by atomic mass is 16.7. The third-order valence-electron chi connectivity index (χ3n) is 5.96. The topological polar surface area (TPSA) is 153 Å². The molecule has 0 heterocycles. The lowest BCUT2D eigenvalue weighted by Crippen LogP contribution is -2.43. The van der Waals surface area contributed by atoms with E-state index in [-0.39, 0.29) is 72.0 Å². The fourth-order valence-electron chi connectivity index (χ4n) is 3.34. The number of ether oxygens (including phenoxy) is 6. The molecule has 11 nitrogen and oxygen atoms in total. The van der Waals surface area contributed by atoms with Gasteiger partial charge in [-0.3, -0.25) is 0 Å². The largest absolute Gasteiger partial charge is 0.476 e. The molecular formula is C28H46O11. The van der Waals surface area contributed by atoms with E-state index in [1.54, 1.807) is 0 Å². The van der Waals surface area contributed by atoms with Crippen LogP contribution in [0.25, 0.3) is 0 Å². The predicted octanol–water partition coefficient (Wildman–Crippen LogP) is 1.99. The molecule has 0 spiro atoms. The molecule has 0 aromatic carbocycles. The van der Waals surface area contributed by atoms with Crippen molar-refractivity contribution >= 4 is 5.97 Å². The van der Waals surface area contributed by atoms with Crippen LogP contribution in [0.1, 0.15) is 25.7 Å². The van der Waals surface area contributed by atoms with Gasteiger partial charge in [0.1, 0.15) is 0 Å². The quantitative estimate of drug-likeness (QED) is 0.0292. The van der Waals surface area contributed by atoms with E-state index in [9.17, 15) is 25.2 Å². The molecule has 0 saturated heterocycles. The van der Waals surface area contributed by atoms with Crippen molar-refractivity contribution < 1.29 is 53.6 Å². The summed E-state index contributed by atoms with van der Waals surface area (Å²) in [7, 11) is 0. The van der Waals surface area contributed by atoms with Crippen molar-refractivity contribution in [1.82, 2.24) is 0 Å². The van der Waals surface area contributed by atoms with Crippen LogP contribution < -0.4 is 0 Å². The van der Waals surface area contributed by atoms with E-state index in [2.05, 4.69) is 32.9 Å². The zero-order valence-electron chi connectivity index (χ0n) is 22.9. The monoisotopic (exact) mass is 558 g/mol. The average molecular weight is 559 g/mol. The minimum atomic E-state index is -0.994. The molecule has 0 atom stereocenters. The standard InChI is InChI=1S/C28H46O11/c1-6-34-21-37-18-28(15-32,19-38-22-35-7-2)17-36-16-27(10-8-23(3)12-29,11-9-24(4)13-30)20-39-26(33)25(5)14-31/h6-7,29-32H,1-5,8-22H2. The number of carbonyl (C=O) groups is 1. The van der Waals surface area contributed by atoms with Crippen LogP contribution in [0.2, 0.25) is 0 Å². The smallest absolute Gasteiger partial charge is 0.335 e. The maximum absolute atomic E-state index is 12.3. The Kier molecular flexibility index (Phi) is 20.0. The van der Waals surface area contributed by atoms with Crippen molar-refractivity contribution in [3.63, 3.8) is 0 Å². The molecule has 0 aliphatic rings. The summed E-state index contributed by atoms with van der Waals surface area (Å²) in [6.45, 7) is 16.6. The molecule has 0 aromatic heterocycles. The molecule has 0 bridgehead atoms. The first-order valence-corrected chi connectivity index (χ1v) is 12.5. The zero-order chi connectivity index (χ0) is 29.6. The summed E-state index contributed by atoms with van der Waals surface area (Å²) in [5.41, 5.74) is -0.708. The summed E-state index contributed by atoms with van der Waals surface area (Å²) in [5, 5.41) is 38.4. The molecule has 39 heavy (non-hydrogen) atoms. The van der Waals surface area contributed by atoms with Crippen LogP contribution in [0.5, 0.6) is 0 Å². The van der Waals surface area contributed by atoms with Crippen LogP contribution in [-0.2, 0) is 33.2 Å². The van der Waals surface area contributed by atoms with E-state index in [4.69, 9.17) is 28.4 Å². The maximum Gasteiger partial charge on any atom is 0.335 e. The van der Waals surface area contributed by atoms with E-state index >= 15 is 0 Å². The van der Waals surface area contributed by atoms with Crippen LogP contribution in [0.4, 0.5) is 0 Å². The molecule has 11 heteroatoms. The number of rotatable bonds is 27. The number of carbonyl (C=O) groups excluding carboxylic acids is 1. The average Bonchev–Trinajstić information content (AvgIpc) is 2.96. The second-order valence-corrected chi connectivity index (χ2v) is 9.40. The molecule has 0 saturated carbocycles. The molecular weight excluding hydrogens is 512 g/mol. The Labute approximate surface area is 231 Å². The normalized spacial score (nSPS) is 11.5. The van der Waals surface area contributed by atoms with Gasteiger partial charge in [0.25, 0.3) is 0 Å². The second-order valence-electron chi connectivity index (χ2n) is 9.40. The van der Waals surface area contributed by atoms with Crippen LogP contribution >= 0.6 is 0 Å². The summed E-state index contributed by atoms with van der Waals surface area (Å²) in [6, 6.07) is 0. The lowest BCUT2D eigenvalue weighted by atomic mass is 9.78. The predicted molar refractivity (Wildman–Crippen MR) is 145 cm³/mol. The fraction of sp³-hybridized carbons (Fsp3) is 0.607. The van der Waals surface area contributed by atoms with Gasteiger partial charge < -0.3 is 48.8 Å². The molecule has 0 aliphatic heterocycles. The fourth-order valence-corrected chi connectivity index (χ4v) is 3.34. The van der Waals surface area contributed by atoms with Crippen molar-refractivity contribution in [2.75, 3.05) is 73.0 Å². The lowest BCUT2D eigenvalue weighted by molar-refractivity contribution is -0.152. The third-order valence-corrected chi connectivity index (χ3v) is 5.96. The summed E-state index contributed by atoms with van der Waals surface area (Å²) in [6.07, 6.45) is 4.13. The molecule has 0 aliphatic carbocycles. The van der Waals surface area contributed by atoms with Gasteiger partial charge in [-0.1, -0.05) is 44.0 Å². The van der Waals surface area contributed by atoms with Gasteiger partial charge in [0.05, 0.1) is 83.0 Å². The molecule has 0 radical (unpaired) electrons. The number of hydrogen-bond donors (Lipinski definition) is 4. The Morgan fingerprint density at radius 3 is 1.54 bits per heavy atom. The van der Waals surface area contributed by atoms with Gasteiger partial charge in [-0.15, -0.1) is 0 Å². The molecule has 0 fully saturated rings. The van der Waals surface area contributed by atoms with Crippen molar-refractivity contribution in [2.24, 2.45) is 10.8 Å². The van der Waals surface area contributed by atoms with E-state index in [1.807, 2.05) is 0 Å². The van der Waals surface area contributed by atoms with Crippen LogP contribution in [-0.4, -0.2) is 99.4 Å². The number of hydrogen-bond acceptors (Lipinski definition) is 11. The van der Waals surface area contributed by atoms with Crippen LogP contribution in [0.3, 0.4) is 0 Å². The maximum atomic E-state index is 12.3. The molecule has 0 rings (SSSR count). The van der Waals surface area contributed by atoms with Gasteiger partial charge in [-0.2, -0.15) is 0 Å². The molecule has 4 N–H and O–H groups in total. The summed E-state index contributed by atoms with van der Waals surface area (Å²) in [5.74, 6) is -0.750. The van der Waals surface area contributed by atoms with E-state index < -0.39 is 23.4 Å². The van der Waals surface area contributed by atoms with Gasteiger partial charge in [0.2, 0.25) is 0 Å². The minimum Gasteiger partial charge on any atom is -0.476 e. The highest BCUT2D eigenvalue weighted by Gasteiger charge is 2.36. The third kappa shape index (κ3) is 15.6. The van der Waals surface area contributed by atoms with Crippen LogP contribution in [0, 0.1) is 10.8 Å². The van der Waals surface area contributed by atoms with Crippen LogP contribution in [0.15, 0.2) is 62.1 Å². The van der Waals surface area contributed by atoms with Crippen molar-refractivity contribution in [3.8, 4) is 0 Å². The Hall–Kier alpha value is -2.51. The van der Waals surface area contributed by atoms with Crippen molar-refractivity contribution in [3.05, 3.63) is 62.1 Å². The first-order chi connectivity index (χ1) is 18.7. The number of aliphatic hydroxyl groups excluding tert-OH is 4. The molecule has 224 valence electrons. The molecule has 0 aromatic rings. The molecule has 0 amide bonds. The van der Waals surface area contributed by atoms with Crippen molar-refractivity contribution in [1.29, 1.82) is 0 Å². The highest BCUT2D eigenvalue weighted by Crippen LogP contribution is 2.35. The van der Waals surface area contributed by atoms with Gasteiger partial charge >= 0.3 is 5.97 Å². The summed E-state index contributed by atoms with van der Waals surface area (Å²) >= 11 is 0. The Morgan fingerprint density at radius 2 is 1.13 bits per heavy atom. The summed E-state index contributed by atoms with van der Waals surface area (Å²) in [4.78, 5) is 12.3.